The van der Waals surface area contributed by atoms with Gasteiger partial charge < -0.3 is 10.0 Å². The quantitative estimate of drug-likeness (QED) is 0.821. The fourth-order valence-electron chi connectivity index (χ4n) is 1.57. The normalized spacial score (nSPS) is 15.4. The summed E-state index contributed by atoms with van der Waals surface area (Å²) in [4.78, 5) is 5.41. The van der Waals surface area contributed by atoms with Crippen molar-refractivity contribution < 1.29 is 13.9 Å². The van der Waals surface area contributed by atoms with Crippen LogP contribution in [-0.2, 0) is 0 Å². The molecule has 0 unspecified atom stereocenters. The second kappa shape index (κ2) is 4.10. The molecule has 0 bridgehead atoms. The first kappa shape index (κ1) is 10.3. The van der Waals surface area contributed by atoms with Gasteiger partial charge >= 0.3 is 0 Å². The Kier molecular flexibility index (Phi) is 2.81. The number of aliphatic hydroxyl groups is 1. The van der Waals surface area contributed by atoms with Crippen molar-refractivity contribution >= 4 is 5.82 Å². The van der Waals surface area contributed by atoms with Gasteiger partial charge in [-0.1, -0.05) is 0 Å². The summed E-state index contributed by atoms with van der Waals surface area (Å²) in [5.41, 5.74) is 0. The standard InChI is InChI=1S/C10H12F2N2O/c11-7-5-9(12)10(13-6-7)14(3-4-15)8-1-2-8/h5-6,8,15H,1-4H2. The van der Waals surface area contributed by atoms with Gasteiger partial charge in [-0.15, -0.1) is 0 Å². The molecule has 15 heavy (non-hydrogen) atoms. The van der Waals surface area contributed by atoms with Gasteiger partial charge in [-0.05, 0) is 12.8 Å². The molecule has 0 aliphatic heterocycles. The van der Waals surface area contributed by atoms with Crippen molar-refractivity contribution in [2.75, 3.05) is 18.1 Å². The predicted octanol–water partition coefficient (Wildman–Crippen LogP) is 1.32. The molecule has 0 spiro atoms. The average molecular weight is 214 g/mol. The Morgan fingerprint density at radius 2 is 2.20 bits per heavy atom. The van der Waals surface area contributed by atoms with Crippen molar-refractivity contribution in [1.29, 1.82) is 0 Å². The largest absolute Gasteiger partial charge is 0.395 e. The Morgan fingerprint density at radius 3 is 2.73 bits per heavy atom. The highest BCUT2D eigenvalue weighted by Gasteiger charge is 2.31. The Labute approximate surface area is 86.4 Å². The lowest BCUT2D eigenvalue weighted by molar-refractivity contribution is 0.300. The lowest BCUT2D eigenvalue weighted by Crippen LogP contribution is -2.30. The molecule has 0 atom stereocenters. The molecule has 0 amide bonds. The number of nitrogens with zero attached hydrogens (tertiary/aromatic N) is 2. The van der Waals surface area contributed by atoms with Crippen LogP contribution in [0.5, 0.6) is 0 Å². The van der Waals surface area contributed by atoms with Gasteiger partial charge in [-0.2, -0.15) is 0 Å². The summed E-state index contributed by atoms with van der Waals surface area (Å²) in [6.45, 7) is 0.273. The molecule has 82 valence electrons. The third-order valence-electron chi connectivity index (χ3n) is 2.39. The Balaban J connectivity index is 2.24. The first-order valence-electron chi connectivity index (χ1n) is 4.91. The van der Waals surface area contributed by atoms with E-state index in [0.717, 1.165) is 25.1 Å². The minimum absolute atomic E-state index is 0.0605. The number of hydrogen-bond acceptors (Lipinski definition) is 3. The van der Waals surface area contributed by atoms with Crippen molar-refractivity contribution in [2.24, 2.45) is 0 Å². The first-order valence-corrected chi connectivity index (χ1v) is 4.91. The Morgan fingerprint density at radius 1 is 1.47 bits per heavy atom. The highest BCUT2D eigenvalue weighted by atomic mass is 19.1. The van der Waals surface area contributed by atoms with Crippen LogP contribution in [0.15, 0.2) is 12.3 Å². The lowest BCUT2D eigenvalue weighted by Gasteiger charge is -2.22. The summed E-state index contributed by atoms with van der Waals surface area (Å²) < 4.78 is 26.0. The fourth-order valence-corrected chi connectivity index (χ4v) is 1.57. The van der Waals surface area contributed by atoms with Crippen LogP contribution in [0.1, 0.15) is 12.8 Å². The first-order chi connectivity index (χ1) is 7.22. The zero-order chi connectivity index (χ0) is 10.8. The number of anilines is 1. The molecular weight excluding hydrogens is 202 g/mol. The smallest absolute Gasteiger partial charge is 0.168 e. The monoisotopic (exact) mass is 214 g/mol. The summed E-state index contributed by atoms with van der Waals surface area (Å²) in [6, 6.07) is 1.05. The summed E-state index contributed by atoms with van der Waals surface area (Å²) >= 11 is 0. The van der Waals surface area contributed by atoms with Gasteiger partial charge in [0, 0.05) is 18.7 Å². The second-order valence-electron chi connectivity index (χ2n) is 3.61. The molecule has 2 rings (SSSR count). The van der Waals surface area contributed by atoms with Gasteiger partial charge in [0.1, 0.15) is 5.82 Å². The zero-order valence-electron chi connectivity index (χ0n) is 8.16. The summed E-state index contributed by atoms with van der Waals surface area (Å²) in [5, 5.41) is 8.85. The van der Waals surface area contributed by atoms with E-state index in [4.69, 9.17) is 5.11 Å². The van der Waals surface area contributed by atoms with Gasteiger partial charge in [-0.3, -0.25) is 0 Å². The number of aromatic nitrogens is 1. The number of rotatable bonds is 4. The van der Waals surface area contributed by atoms with Crippen molar-refractivity contribution in [3.63, 3.8) is 0 Å². The van der Waals surface area contributed by atoms with E-state index < -0.39 is 11.6 Å². The number of hydrogen-bond donors (Lipinski definition) is 1. The molecule has 1 heterocycles. The highest BCUT2D eigenvalue weighted by Crippen LogP contribution is 2.31. The van der Waals surface area contributed by atoms with E-state index in [1.807, 2.05) is 0 Å². The lowest BCUT2D eigenvalue weighted by atomic mass is 10.3. The fraction of sp³-hybridized carbons (Fsp3) is 0.500. The van der Waals surface area contributed by atoms with E-state index in [1.54, 1.807) is 4.90 Å². The topological polar surface area (TPSA) is 36.4 Å². The predicted molar refractivity (Wildman–Crippen MR) is 51.6 cm³/mol. The van der Waals surface area contributed by atoms with Crippen molar-refractivity contribution in [1.82, 2.24) is 4.98 Å². The molecule has 0 saturated heterocycles. The van der Waals surface area contributed by atoms with Crippen LogP contribution in [0.3, 0.4) is 0 Å². The number of halogens is 2. The maximum Gasteiger partial charge on any atom is 0.168 e. The SMILES string of the molecule is OCCN(c1ncc(F)cc1F)C1CC1. The molecule has 1 aliphatic rings. The van der Waals surface area contributed by atoms with E-state index in [-0.39, 0.29) is 18.5 Å². The van der Waals surface area contributed by atoms with Crippen molar-refractivity contribution in [2.45, 2.75) is 18.9 Å². The molecule has 5 heteroatoms. The summed E-state index contributed by atoms with van der Waals surface area (Å²) in [5.74, 6) is -1.22. The zero-order valence-corrected chi connectivity index (χ0v) is 8.16. The van der Waals surface area contributed by atoms with Crippen molar-refractivity contribution in [3.8, 4) is 0 Å². The highest BCUT2D eigenvalue weighted by molar-refractivity contribution is 5.42. The average Bonchev–Trinajstić information content (AvgIpc) is 2.98. The van der Waals surface area contributed by atoms with Crippen LogP contribution in [0, 0.1) is 11.6 Å². The molecule has 1 saturated carbocycles. The Hall–Kier alpha value is -1.23. The third kappa shape index (κ3) is 2.23. The molecule has 1 aromatic heterocycles. The number of aliphatic hydroxyl groups excluding tert-OH is 1. The van der Waals surface area contributed by atoms with Gasteiger partial charge in [0.25, 0.3) is 0 Å². The van der Waals surface area contributed by atoms with Crippen LogP contribution in [0.25, 0.3) is 0 Å². The van der Waals surface area contributed by atoms with Crippen LogP contribution in [-0.4, -0.2) is 29.3 Å². The van der Waals surface area contributed by atoms with E-state index in [2.05, 4.69) is 4.98 Å². The van der Waals surface area contributed by atoms with E-state index >= 15 is 0 Å². The van der Waals surface area contributed by atoms with Crippen LogP contribution in [0.4, 0.5) is 14.6 Å². The summed E-state index contributed by atoms with van der Waals surface area (Å²) in [6.07, 6.45) is 2.93. The minimum Gasteiger partial charge on any atom is -0.395 e. The van der Waals surface area contributed by atoms with E-state index in [9.17, 15) is 8.78 Å². The van der Waals surface area contributed by atoms with E-state index in [1.165, 1.54) is 0 Å². The maximum atomic E-state index is 13.4. The Bertz CT molecular complexity index is 355. The minimum atomic E-state index is -0.684. The molecule has 1 fully saturated rings. The second-order valence-corrected chi connectivity index (χ2v) is 3.61. The molecule has 0 aromatic carbocycles. The third-order valence-corrected chi connectivity index (χ3v) is 2.39. The van der Waals surface area contributed by atoms with Crippen LogP contribution in [0.2, 0.25) is 0 Å². The molecule has 3 nitrogen and oxygen atoms in total. The van der Waals surface area contributed by atoms with Gasteiger partial charge in [-0.25, -0.2) is 13.8 Å². The molecule has 0 radical (unpaired) electrons. The molecular formula is C10H12F2N2O. The van der Waals surface area contributed by atoms with Gasteiger partial charge in [0.05, 0.1) is 12.8 Å². The van der Waals surface area contributed by atoms with E-state index in [0.29, 0.717) is 6.54 Å². The van der Waals surface area contributed by atoms with Crippen LogP contribution < -0.4 is 4.90 Å². The summed E-state index contributed by atoms with van der Waals surface area (Å²) in [7, 11) is 0. The van der Waals surface area contributed by atoms with Gasteiger partial charge in [0.2, 0.25) is 0 Å². The molecule has 1 N–H and O–H groups in total. The van der Waals surface area contributed by atoms with Gasteiger partial charge in [0.15, 0.2) is 11.6 Å². The molecule has 1 aliphatic carbocycles. The number of pyridine rings is 1. The van der Waals surface area contributed by atoms with Crippen LogP contribution >= 0.6 is 0 Å². The molecule has 1 aromatic rings. The van der Waals surface area contributed by atoms with Crippen molar-refractivity contribution in [3.05, 3.63) is 23.9 Å². The maximum absolute atomic E-state index is 13.4.